The number of rotatable bonds is 3. The fraction of sp³-hybridized carbons (Fsp3) is 0.0667. The highest BCUT2D eigenvalue weighted by Crippen LogP contribution is 2.22. The Balaban J connectivity index is 1.82. The average molecular weight is 270 g/mol. The molecule has 0 saturated carbocycles. The first-order valence-electron chi connectivity index (χ1n) is 5.91. The second kappa shape index (κ2) is 5.28. The van der Waals surface area contributed by atoms with Crippen LogP contribution in [0.4, 0.5) is 4.39 Å². The molecule has 3 aromatic rings. The Bertz CT molecular complexity index is 679. The molecule has 0 fully saturated rings. The van der Waals surface area contributed by atoms with Gasteiger partial charge in [0.1, 0.15) is 5.82 Å². The van der Waals surface area contributed by atoms with E-state index in [-0.39, 0.29) is 5.82 Å². The van der Waals surface area contributed by atoms with Crippen LogP contribution in [0.25, 0.3) is 11.3 Å². The number of hydrogen-bond donors (Lipinski definition) is 0. The zero-order chi connectivity index (χ0) is 13.1. The maximum atomic E-state index is 13.1. The van der Waals surface area contributed by atoms with Gasteiger partial charge in [-0.05, 0) is 12.1 Å². The van der Waals surface area contributed by atoms with Gasteiger partial charge in [-0.3, -0.25) is 4.98 Å². The summed E-state index contributed by atoms with van der Waals surface area (Å²) in [7, 11) is 0. The van der Waals surface area contributed by atoms with Gasteiger partial charge in [0.25, 0.3) is 0 Å². The number of aromatic nitrogens is 2. The largest absolute Gasteiger partial charge is 0.261 e. The summed E-state index contributed by atoms with van der Waals surface area (Å²) in [5.41, 5.74) is 2.75. The third-order valence-corrected chi connectivity index (χ3v) is 3.58. The number of nitrogens with zero attached hydrogens (tertiary/aromatic N) is 2. The molecule has 94 valence electrons. The van der Waals surface area contributed by atoms with Crippen LogP contribution in [-0.4, -0.2) is 9.97 Å². The molecule has 2 heterocycles. The van der Waals surface area contributed by atoms with Gasteiger partial charge < -0.3 is 0 Å². The Labute approximate surface area is 114 Å². The number of benzene rings is 1. The lowest BCUT2D eigenvalue weighted by molar-refractivity contribution is 0.622. The van der Waals surface area contributed by atoms with Crippen molar-refractivity contribution < 1.29 is 4.39 Å². The Kier molecular flexibility index (Phi) is 3.33. The number of halogens is 1. The second-order valence-corrected chi connectivity index (χ2v) is 5.08. The monoisotopic (exact) mass is 270 g/mol. The van der Waals surface area contributed by atoms with Crippen molar-refractivity contribution in [2.24, 2.45) is 0 Å². The fourth-order valence-electron chi connectivity index (χ4n) is 1.83. The first kappa shape index (κ1) is 12.0. The molecule has 0 aliphatic heterocycles. The quantitative estimate of drug-likeness (QED) is 0.720. The molecule has 0 N–H and O–H groups in total. The Hall–Kier alpha value is -2.07. The molecule has 0 spiro atoms. The minimum atomic E-state index is -0.259. The smallest absolute Gasteiger partial charge is 0.126 e. The highest BCUT2D eigenvalue weighted by molar-refractivity contribution is 7.10. The molecule has 0 unspecified atom stereocenters. The van der Waals surface area contributed by atoms with E-state index < -0.39 is 0 Å². The van der Waals surface area contributed by atoms with E-state index in [9.17, 15) is 4.39 Å². The van der Waals surface area contributed by atoms with Crippen molar-refractivity contribution in [3.63, 3.8) is 0 Å². The summed E-state index contributed by atoms with van der Waals surface area (Å²) in [6.45, 7) is 0. The average Bonchev–Trinajstić information content (AvgIpc) is 2.88. The maximum absolute atomic E-state index is 13.1. The third-order valence-electron chi connectivity index (χ3n) is 2.73. The van der Waals surface area contributed by atoms with Crippen molar-refractivity contribution in [2.75, 3.05) is 0 Å². The van der Waals surface area contributed by atoms with Crippen LogP contribution in [0.5, 0.6) is 0 Å². The van der Waals surface area contributed by atoms with Crippen molar-refractivity contribution >= 4 is 11.3 Å². The van der Waals surface area contributed by atoms with E-state index in [4.69, 9.17) is 0 Å². The van der Waals surface area contributed by atoms with Gasteiger partial charge in [-0.15, -0.1) is 11.3 Å². The normalized spacial score (nSPS) is 10.6. The van der Waals surface area contributed by atoms with Gasteiger partial charge in [0, 0.05) is 23.6 Å². The molecule has 2 aromatic heterocycles. The minimum Gasteiger partial charge on any atom is -0.261 e. The summed E-state index contributed by atoms with van der Waals surface area (Å²) < 4.78 is 13.1. The van der Waals surface area contributed by atoms with Crippen LogP contribution in [0.2, 0.25) is 0 Å². The number of thiazole rings is 1. The first-order valence-corrected chi connectivity index (χ1v) is 6.79. The van der Waals surface area contributed by atoms with Crippen molar-refractivity contribution in [1.29, 1.82) is 0 Å². The minimum absolute atomic E-state index is 0.259. The van der Waals surface area contributed by atoms with Crippen molar-refractivity contribution in [2.45, 2.75) is 6.42 Å². The van der Waals surface area contributed by atoms with Gasteiger partial charge in [0.15, 0.2) is 0 Å². The summed E-state index contributed by atoms with van der Waals surface area (Å²) in [4.78, 5) is 8.71. The first-order chi connectivity index (χ1) is 9.31. The predicted octanol–water partition coefficient (Wildman–Crippen LogP) is 3.94. The van der Waals surface area contributed by atoms with Gasteiger partial charge in [-0.2, -0.15) is 0 Å². The second-order valence-electron chi connectivity index (χ2n) is 4.13. The van der Waals surface area contributed by atoms with Crippen LogP contribution in [0, 0.1) is 5.82 Å². The van der Waals surface area contributed by atoms with Crippen molar-refractivity contribution in [3.8, 4) is 11.3 Å². The standard InChI is InChI=1S/C15H11FN2S/c16-12-6-7-17-13(8-12)9-15-18-14(10-19-15)11-4-2-1-3-5-11/h1-8,10H,9H2. The molecule has 1 aromatic carbocycles. The lowest BCUT2D eigenvalue weighted by Crippen LogP contribution is -1.92. The molecule has 0 aliphatic rings. The lowest BCUT2D eigenvalue weighted by Gasteiger charge is -1.97. The van der Waals surface area contributed by atoms with Crippen LogP contribution < -0.4 is 0 Å². The summed E-state index contributed by atoms with van der Waals surface area (Å²) >= 11 is 1.57. The number of hydrogen-bond acceptors (Lipinski definition) is 3. The van der Waals surface area contributed by atoms with Crippen LogP contribution >= 0.6 is 11.3 Å². The van der Waals surface area contributed by atoms with Crippen molar-refractivity contribution in [1.82, 2.24) is 9.97 Å². The summed E-state index contributed by atoms with van der Waals surface area (Å²) in [6.07, 6.45) is 2.05. The molecule has 3 rings (SSSR count). The molecule has 0 saturated heterocycles. The van der Waals surface area contributed by atoms with Crippen LogP contribution in [0.1, 0.15) is 10.7 Å². The van der Waals surface area contributed by atoms with Crippen LogP contribution in [0.15, 0.2) is 54.0 Å². The molecular weight excluding hydrogens is 259 g/mol. The molecule has 4 heteroatoms. The molecule has 0 radical (unpaired) electrons. The van der Waals surface area contributed by atoms with Crippen LogP contribution in [-0.2, 0) is 6.42 Å². The zero-order valence-corrected chi connectivity index (χ0v) is 10.9. The van der Waals surface area contributed by atoms with E-state index in [1.807, 2.05) is 35.7 Å². The van der Waals surface area contributed by atoms with Crippen LogP contribution in [0.3, 0.4) is 0 Å². The van der Waals surface area contributed by atoms with Gasteiger partial charge in [-0.25, -0.2) is 9.37 Å². The Morgan fingerprint density at radius 3 is 2.74 bits per heavy atom. The highest BCUT2D eigenvalue weighted by atomic mass is 32.1. The maximum Gasteiger partial charge on any atom is 0.126 e. The van der Waals surface area contributed by atoms with E-state index >= 15 is 0 Å². The van der Waals surface area contributed by atoms with Gasteiger partial charge in [0.05, 0.1) is 16.4 Å². The Morgan fingerprint density at radius 1 is 1.11 bits per heavy atom. The summed E-state index contributed by atoms with van der Waals surface area (Å²) in [5.74, 6) is -0.259. The molecule has 2 nitrogen and oxygen atoms in total. The summed E-state index contributed by atoms with van der Waals surface area (Å²) in [5, 5.41) is 2.96. The third kappa shape index (κ3) is 2.85. The summed E-state index contributed by atoms with van der Waals surface area (Å²) in [6, 6.07) is 12.8. The lowest BCUT2D eigenvalue weighted by atomic mass is 10.2. The molecule has 0 amide bonds. The van der Waals surface area contributed by atoms with E-state index in [1.54, 1.807) is 11.3 Å². The molecule has 0 aliphatic carbocycles. The van der Waals surface area contributed by atoms with E-state index in [0.29, 0.717) is 12.1 Å². The number of pyridine rings is 1. The zero-order valence-electron chi connectivity index (χ0n) is 10.1. The van der Waals surface area contributed by atoms with Gasteiger partial charge in [0.2, 0.25) is 0 Å². The van der Waals surface area contributed by atoms with E-state index in [2.05, 4.69) is 9.97 Å². The van der Waals surface area contributed by atoms with E-state index in [1.165, 1.54) is 18.3 Å². The fourth-order valence-corrected chi connectivity index (χ4v) is 2.65. The van der Waals surface area contributed by atoms with Gasteiger partial charge in [-0.1, -0.05) is 30.3 Å². The SMILES string of the molecule is Fc1ccnc(Cc2nc(-c3ccccc3)cs2)c1. The molecular formula is C15H11FN2S. The van der Waals surface area contributed by atoms with Gasteiger partial charge >= 0.3 is 0 Å². The van der Waals surface area contributed by atoms with Crippen molar-refractivity contribution in [3.05, 3.63) is 70.6 Å². The highest BCUT2D eigenvalue weighted by Gasteiger charge is 2.06. The topological polar surface area (TPSA) is 25.8 Å². The Morgan fingerprint density at radius 2 is 1.95 bits per heavy atom. The molecule has 0 atom stereocenters. The molecule has 0 bridgehead atoms. The van der Waals surface area contributed by atoms with E-state index in [0.717, 1.165) is 16.3 Å². The predicted molar refractivity (Wildman–Crippen MR) is 74.6 cm³/mol. The molecule has 19 heavy (non-hydrogen) atoms.